The minimum absolute atomic E-state index is 0.00309. The van der Waals surface area contributed by atoms with Crippen LogP contribution < -0.4 is 5.32 Å². The van der Waals surface area contributed by atoms with Crippen LogP contribution in [-0.4, -0.2) is 23.8 Å². The molecule has 26 heavy (non-hydrogen) atoms. The van der Waals surface area contributed by atoms with Crippen molar-refractivity contribution in [2.24, 2.45) is 0 Å². The van der Waals surface area contributed by atoms with Crippen molar-refractivity contribution in [3.63, 3.8) is 0 Å². The molecule has 0 atom stereocenters. The Bertz CT molecular complexity index is 713. The first-order valence-corrected chi connectivity index (χ1v) is 9.29. The van der Waals surface area contributed by atoms with Gasteiger partial charge in [-0.15, -0.1) is 0 Å². The Kier molecular flexibility index (Phi) is 7.87. The second-order valence-corrected chi connectivity index (χ2v) is 6.59. The molecule has 2 amide bonds. The zero-order valence-electron chi connectivity index (χ0n) is 15.7. The fourth-order valence-electron chi connectivity index (χ4n) is 2.82. The van der Waals surface area contributed by atoms with Crippen LogP contribution in [0.25, 0.3) is 0 Å². The van der Waals surface area contributed by atoms with Crippen molar-refractivity contribution in [1.82, 2.24) is 4.90 Å². The summed E-state index contributed by atoms with van der Waals surface area (Å²) >= 11 is 0. The van der Waals surface area contributed by atoms with Crippen molar-refractivity contribution in [2.45, 2.75) is 45.6 Å². The van der Waals surface area contributed by atoms with Crippen LogP contribution in [0.5, 0.6) is 0 Å². The summed E-state index contributed by atoms with van der Waals surface area (Å²) in [6, 6.07) is 17.0. The summed E-state index contributed by atoms with van der Waals surface area (Å²) in [6.07, 6.45) is 4.81. The van der Waals surface area contributed by atoms with Gasteiger partial charge >= 0.3 is 0 Å². The standard InChI is InChI=1S/C22H28N2O2/c1-3-4-5-9-15-21(25)23-20-14-10-13-19(16-20)22(26)24(2)17-18-11-7-6-8-12-18/h6-8,10-14,16H,3-5,9,15,17H2,1-2H3,(H,23,25). The molecule has 0 aliphatic carbocycles. The lowest BCUT2D eigenvalue weighted by molar-refractivity contribution is -0.116. The van der Waals surface area contributed by atoms with E-state index in [-0.39, 0.29) is 11.8 Å². The van der Waals surface area contributed by atoms with E-state index in [4.69, 9.17) is 0 Å². The predicted octanol–water partition coefficient (Wildman–Crippen LogP) is 4.87. The van der Waals surface area contributed by atoms with Crippen molar-refractivity contribution < 1.29 is 9.59 Å². The summed E-state index contributed by atoms with van der Waals surface area (Å²) in [4.78, 5) is 26.4. The first-order chi connectivity index (χ1) is 12.6. The maximum absolute atomic E-state index is 12.6. The van der Waals surface area contributed by atoms with Crippen LogP contribution in [0.3, 0.4) is 0 Å². The maximum atomic E-state index is 12.6. The zero-order valence-corrected chi connectivity index (χ0v) is 15.7. The third-order valence-electron chi connectivity index (χ3n) is 4.26. The molecule has 0 aliphatic rings. The van der Waals surface area contributed by atoms with Gasteiger partial charge in [-0.05, 0) is 30.2 Å². The Morgan fingerprint density at radius 1 is 0.962 bits per heavy atom. The van der Waals surface area contributed by atoms with Gasteiger partial charge in [-0.1, -0.05) is 62.6 Å². The van der Waals surface area contributed by atoms with Crippen molar-refractivity contribution in [3.8, 4) is 0 Å². The highest BCUT2D eigenvalue weighted by Crippen LogP contribution is 2.15. The smallest absolute Gasteiger partial charge is 0.253 e. The molecule has 4 heteroatoms. The first-order valence-electron chi connectivity index (χ1n) is 9.29. The summed E-state index contributed by atoms with van der Waals surface area (Å²) in [5, 5.41) is 2.89. The molecule has 0 aliphatic heterocycles. The number of hydrogen-bond acceptors (Lipinski definition) is 2. The molecule has 2 aromatic carbocycles. The number of amides is 2. The van der Waals surface area contributed by atoms with Gasteiger partial charge in [-0.25, -0.2) is 0 Å². The lowest BCUT2D eigenvalue weighted by Gasteiger charge is -2.18. The Labute approximate surface area is 156 Å². The molecule has 0 radical (unpaired) electrons. The van der Waals surface area contributed by atoms with Crippen LogP contribution in [0.15, 0.2) is 54.6 Å². The Morgan fingerprint density at radius 3 is 2.46 bits per heavy atom. The second-order valence-electron chi connectivity index (χ2n) is 6.59. The summed E-state index contributed by atoms with van der Waals surface area (Å²) in [6.45, 7) is 2.70. The van der Waals surface area contributed by atoms with E-state index in [2.05, 4.69) is 12.2 Å². The highest BCUT2D eigenvalue weighted by molar-refractivity contribution is 5.97. The Hall–Kier alpha value is -2.62. The van der Waals surface area contributed by atoms with Crippen molar-refractivity contribution in [1.29, 1.82) is 0 Å². The molecule has 0 heterocycles. The van der Waals surface area contributed by atoms with Crippen LogP contribution in [0.2, 0.25) is 0 Å². The van der Waals surface area contributed by atoms with Gasteiger partial charge in [0.25, 0.3) is 5.91 Å². The van der Waals surface area contributed by atoms with Crippen LogP contribution in [0.4, 0.5) is 5.69 Å². The van der Waals surface area contributed by atoms with Gasteiger partial charge in [0.15, 0.2) is 0 Å². The molecule has 0 spiro atoms. The number of hydrogen-bond donors (Lipinski definition) is 1. The van der Waals surface area contributed by atoms with Crippen LogP contribution in [0.1, 0.15) is 54.9 Å². The minimum atomic E-state index is -0.0621. The Morgan fingerprint density at radius 2 is 1.73 bits per heavy atom. The summed E-state index contributed by atoms with van der Waals surface area (Å²) in [5.41, 5.74) is 2.33. The largest absolute Gasteiger partial charge is 0.337 e. The average molecular weight is 352 g/mol. The summed E-state index contributed by atoms with van der Waals surface area (Å²) in [7, 11) is 1.79. The van der Waals surface area contributed by atoms with E-state index in [0.29, 0.717) is 24.2 Å². The molecule has 2 rings (SSSR count). The number of nitrogens with one attached hydrogen (secondary N) is 1. The number of carbonyl (C=O) groups excluding carboxylic acids is 2. The van der Waals surface area contributed by atoms with Crippen LogP contribution in [0, 0.1) is 0 Å². The van der Waals surface area contributed by atoms with E-state index in [9.17, 15) is 9.59 Å². The van der Waals surface area contributed by atoms with Crippen molar-refractivity contribution in [2.75, 3.05) is 12.4 Å². The number of rotatable bonds is 9. The molecule has 0 fully saturated rings. The maximum Gasteiger partial charge on any atom is 0.253 e. The monoisotopic (exact) mass is 352 g/mol. The van der Waals surface area contributed by atoms with E-state index in [0.717, 1.165) is 31.2 Å². The molecular formula is C22H28N2O2. The molecule has 0 aromatic heterocycles. The lowest BCUT2D eigenvalue weighted by Crippen LogP contribution is -2.26. The average Bonchev–Trinajstić information content (AvgIpc) is 2.65. The van der Waals surface area contributed by atoms with E-state index >= 15 is 0 Å². The molecule has 0 bridgehead atoms. The van der Waals surface area contributed by atoms with Gasteiger partial charge in [0.1, 0.15) is 0 Å². The van der Waals surface area contributed by atoms with Crippen molar-refractivity contribution >= 4 is 17.5 Å². The fraction of sp³-hybridized carbons (Fsp3) is 0.364. The van der Waals surface area contributed by atoms with Crippen molar-refractivity contribution in [3.05, 3.63) is 65.7 Å². The quantitative estimate of drug-likeness (QED) is 0.655. The summed E-state index contributed by atoms with van der Waals surface area (Å²) in [5.74, 6) is -0.0590. The molecule has 138 valence electrons. The predicted molar refractivity (Wildman–Crippen MR) is 106 cm³/mol. The lowest BCUT2D eigenvalue weighted by atomic mass is 10.1. The van der Waals surface area contributed by atoms with E-state index in [1.807, 2.05) is 36.4 Å². The second kappa shape index (κ2) is 10.4. The third kappa shape index (κ3) is 6.36. The highest BCUT2D eigenvalue weighted by atomic mass is 16.2. The summed E-state index contributed by atoms with van der Waals surface area (Å²) < 4.78 is 0. The number of benzene rings is 2. The molecule has 2 aromatic rings. The van der Waals surface area contributed by atoms with Gasteiger partial charge < -0.3 is 10.2 Å². The zero-order chi connectivity index (χ0) is 18.8. The number of nitrogens with zero attached hydrogens (tertiary/aromatic N) is 1. The molecule has 0 saturated heterocycles. The molecular weight excluding hydrogens is 324 g/mol. The van der Waals surface area contributed by atoms with E-state index in [1.165, 1.54) is 0 Å². The van der Waals surface area contributed by atoms with Crippen LogP contribution in [-0.2, 0) is 11.3 Å². The minimum Gasteiger partial charge on any atom is -0.337 e. The first kappa shape index (κ1) is 19.7. The highest BCUT2D eigenvalue weighted by Gasteiger charge is 2.13. The molecule has 0 unspecified atom stereocenters. The topological polar surface area (TPSA) is 49.4 Å². The van der Waals surface area contributed by atoms with Crippen LogP contribution >= 0.6 is 0 Å². The van der Waals surface area contributed by atoms with Gasteiger partial charge in [0.05, 0.1) is 0 Å². The normalized spacial score (nSPS) is 10.4. The fourth-order valence-corrected chi connectivity index (χ4v) is 2.82. The third-order valence-corrected chi connectivity index (χ3v) is 4.26. The van der Waals surface area contributed by atoms with Gasteiger partial charge in [-0.2, -0.15) is 0 Å². The van der Waals surface area contributed by atoms with Gasteiger partial charge in [-0.3, -0.25) is 9.59 Å². The SMILES string of the molecule is CCCCCCC(=O)Nc1cccc(C(=O)N(C)Cc2ccccc2)c1. The number of carbonyl (C=O) groups is 2. The van der Waals surface area contributed by atoms with E-state index in [1.54, 1.807) is 30.1 Å². The molecule has 4 nitrogen and oxygen atoms in total. The number of unbranched alkanes of at least 4 members (excludes halogenated alkanes) is 3. The van der Waals surface area contributed by atoms with Gasteiger partial charge in [0, 0.05) is 31.3 Å². The number of anilines is 1. The van der Waals surface area contributed by atoms with E-state index < -0.39 is 0 Å². The Balaban J connectivity index is 1.92. The molecule has 1 N–H and O–H groups in total. The molecule has 0 saturated carbocycles. The van der Waals surface area contributed by atoms with Gasteiger partial charge in [0.2, 0.25) is 5.91 Å².